The third kappa shape index (κ3) is 7.52. The summed E-state index contributed by atoms with van der Waals surface area (Å²) >= 11 is 1.64. The highest BCUT2D eigenvalue weighted by Gasteiger charge is 2.04. The van der Waals surface area contributed by atoms with Crippen LogP contribution in [0.1, 0.15) is 16.8 Å². The van der Waals surface area contributed by atoms with Crippen LogP contribution in [-0.2, 0) is 6.54 Å². The Morgan fingerprint density at radius 1 is 1.27 bits per heavy atom. The van der Waals surface area contributed by atoms with Gasteiger partial charge in [0.2, 0.25) is 0 Å². The van der Waals surface area contributed by atoms with Gasteiger partial charge in [0.25, 0.3) is 5.69 Å². The smallest absolute Gasteiger partial charge is 0.269 e. The molecule has 0 radical (unpaired) electrons. The fourth-order valence-electron chi connectivity index (χ4n) is 2.05. The van der Waals surface area contributed by atoms with E-state index in [2.05, 4.69) is 25.9 Å². The van der Waals surface area contributed by atoms with Crippen LogP contribution < -0.4 is 16.0 Å². The highest BCUT2D eigenvalue weighted by atomic mass is 127. The van der Waals surface area contributed by atoms with Crippen molar-refractivity contribution in [1.82, 2.24) is 15.6 Å². The summed E-state index contributed by atoms with van der Waals surface area (Å²) in [4.78, 5) is 20.2. The third-order valence-electron chi connectivity index (χ3n) is 3.21. The normalized spacial score (nSPS) is 10.8. The summed E-state index contributed by atoms with van der Waals surface area (Å²) in [5.41, 5.74) is 0.926. The molecule has 0 saturated heterocycles. The fourth-order valence-corrected chi connectivity index (χ4v) is 2.76. The van der Waals surface area contributed by atoms with Gasteiger partial charge in [-0.25, -0.2) is 9.98 Å². The highest BCUT2D eigenvalue weighted by molar-refractivity contribution is 14.0. The minimum absolute atomic E-state index is 0. The van der Waals surface area contributed by atoms with Gasteiger partial charge in [0.05, 0.1) is 11.5 Å². The maximum atomic E-state index is 10.6. The monoisotopic (exact) mass is 490 g/mol. The number of nitrogens with zero attached hydrogens (tertiary/aromatic N) is 3. The number of non-ortho nitro benzene ring substituents is 1. The largest absolute Gasteiger partial charge is 0.383 e. The van der Waals surface area contributed by atoms with Gasteiger partial charge in [-0.3, -0.25) is 10.1 Å². The summed E-state index contributed by atoms with van der Waals surface area (Å²) in [7, 11) is 0. The lowest BCUT2D eigenvalue weighted by Gasteiger charge is -2.12. The standard InChI is InChI=1S/C16H22N6O2S.HI/c1-3-17-16(21-11-15-20-10-12(2)25-15)19-9-8-18-13-4-6-14(7-5-13)22(23)24;/h4-7,10,18H,3,8-9,11H2,1-2H3,(H2,17,19,21);1H. The second-order valence-corrected chi connectivity index (χ2v) is 6.54. The zero-order chi connectivity index (χ0) is 18.1. The number of aliphatic imine (C=N–C) groups is 1. The van der Waals surface area contributed by atoms with Gasteiger partial charge in [-0.1, -0.05) is 0 Å². The molecule has 3 N–H and O–H groups in total. The van der Waals surface area contributed by atoms with Crippen LogP contribution >= 0.6 is 35.3 Å². The summed E-state index contributed by atoms with van der Waals surface area (Å²) in [6, 6.07) is 6.36. The van der Waals surface area contributed by atoms with Gasteiger partial charge >= 0.3 is 0 Å². The maximum Gasteiger partial charge on any atom is 0.269 e. The summed E-state index contributed by atoms with van der Waals surface area (Å²) < 4.78 is 0. The number of nitro benzene ring substituents is 1. The zero-order valence-electron chi connectivity index (χ0n) is 14.7. The first kappa shape index (κ1) is 22.1. The van der Waals surface area contributed by atoms with Crippen LogP contribution in [0, 0.1) is 17.0 Å². The van der Waals surface area contributed by atoms with Gasteiger partial charge < -0.3 is 16.0 Å². The van der Waals surface area contributed by atoms with E-state index in [1.165, 1.54) is 17.0 Å². The number of rotatable bonds is 8. The number of aromatic nitrogens is 1. The topological polar surface area (TPSA) is 104 Å². The van der Waals surface area contributed by atoms with Crippen LogP contribution in [-0.4, -0.2) is 35.5 Å². The Bertz CT molecular complexity index is 720. The van der Waals surface area contributed by atoms with Crippen molar-refractivity contribution in [3.63, 3.8) is 0 Å². The average molecular weight is 490 g/mol. The number of benzene rings is 1. The predicted octanol–water partition coefficient (Wildman–Crippen LogP) is 3.14. The predicted molar refractivity (Wildman–Crippen MR) is 117 cm³/mol. The van der Waals surface area contributed by atoms with E-state index in [0.29, 0.717) is 19.6 Å². The highest BCUT2D eigenvalue weighted by Crippen LogP contribution is 2.15. The van der Waals surface area contributed by atoms with E-state index >= 15 is 0 Å². The van der Waals surface area contributed by atoms with Crippen molar-refractivity contribution in [1.29, 1.82) is 0 Å². The number of nitrogens with one attached hydrogen (secondary N) is 3. The van der Waals surface area contributed by atoms with Crippen LogP contribution in [0.15, 0.2) is 35.5 Å². The quantitative estimate of drug-likeness (QED) is 0.131. The molecule has 8 nitrogen and oxygen atoms in total. The number of thiazole rings is 1. The first-order valence-corrected chi connectivity index (χ1v) is 8.82. The van der Waals surface area contributed by atoms with Crippen molar-refractivity contribution in [2.75, 3.05) is 25.0 Å². The van der Waals surface area contributed by atoms with E-state index in [0.717, 1.165) is 23.2 Å². The molecular weight excluding hydrogens is 467 g/mol. The molecule has 0 amide bonds. The molecule has 0 bridgehead atoms. The molecule has 0 unspecified atom stereocenters. The first-order chi connectivity index (χ1) is 12.1. The lowest BCUT2D eigenvalue weighted by atomic mass is 10.3. The Labute approximate surface area is 173 Å². The van der Waals surface area contributed by atoms with Crippen LogP contribution in [0.5, 0.6) is 0 Å². The SMILES string of the molecule is CCNC(=NCc1ncc(C)s1)NCCNc1ccc([N+](=O)[O-])cc1.I. The molecule has 142 valence electrons. The lowest BCUT2D eigenvalue weighted by Crippen LogP contribution is -2.39. The summed E-state index contributed by atoms with van der Waals surface area (Å²) in [5, 5.41) is 21.3. The molecule has 0 saturated carbocycles. The van der Waals surface area contributed by atoms with Gasteiger partial charge in [-0.15, -0.1) is 35.3 Å². The van der Waals surface area contributed by atoms with Crippen molar-refractivity contribution >= 4 is 52.6 Å². The van der Waals surface area contributed by atoms with Crippen LogP contribution in [0.3, 0.4) is 0 Å². The molecule has 1 aromatic carbocycles. The molecule has 10 heteroatoms. The Hall–Kier alpha value is -1.95. The number of nitro groups is 1. The van der Waals surface area contributed by atoms with Crippen LogP contribution in [0.2, 0.25) is 0 Å². The van der Waals surface area contributed by atoms with Gasteiger partial charge in [0.15, 0.2) is 5.96 Å². The van der Waals surface area contributed by atoms with E-state index < -0.39 is 4.92 Å². The molecular formula is C16H23IN6O2S. The Balaban J connectivity index is 0.00000338. The van der Waals surface area contributed by atoms with E-state index in [-0.39, 0.29) is 29.7 Å². The molecule has 0 fully saturated rings. The van der Waals surface area contributed by atoms with Crippen molar-refractivity contribution in [3.05, 3.63) is 50.5 Å². The molecule has 0 aliphatic rings. The lowest BCUT2D eigenvalue weighted by molar-refractivity contribution is -0.384. The second kappa shape index (κ2) is 11.6. The molecule has 2 aromatic rings. The van der Waals surface area contributed by atoms with Gasteiger partial charge in [-0.2, -0.15) is 0 Å². The molecule has 0 atom stereocenters. The number of hydrogen-bond donors (Lipinski definition) is 3. The molecule has 0 spiro atoms. The van der Waals surface area contributed by atoms with Crippen molar-refractivity contribution in [2.45, 2.75) is 20.4 Å². The number of halogens is 1. The minimum Gasteiger partial charge on any atom is -0.383 e. The zero-order valence-corrected chi connectivity index (χ0v) is 17.8. The van der Waals surface area contributed by atoms with E-state index in [1.54, 1.807) is 23.5 Å². The van der Waals surface area contributed by atoms with Crippen molar-refractivity contribution < 1.29 is 4.92 Å². The average Bonchev–Trinajstić information content (AvgIpc) is 3.02. The van der Waals surface area contributed by atoms with E-state index in [1.807, 2.05) is 20.0 Å². The Morgan fingerprint density at radius 2 is 2.00 bits per heavy atom. The first-order valence-electron chi connectivity index (χ1n) is 8.00. The van der Waals surface area contributed by atoms with E-state index in [9.17, 15) is 10.1 Å². The van der Waals surface area contributed by atoms with Gasteiger partial charge in [-0.05, 0) is 26.0 Å². The Kier molecular flexibility index (Phi) is 9.88. The minimum atomic E-state index is -0.408. The van der Waals surface area contributed by atoms with Crippen LogP contribution in [0.25, 0.3) is 0 Å². The second-order valence-electron chi connectivity index (χ2n) is 5.22. The van der Waals surface area contributed by atoms with Crippen molar-refractivity contribution in [3.8, 4) is 0 Å². The van der Waals surface area contributed by atoms with Gasteiger partial charge in [0.1, 0.15) is 5.01 Å². The number of guanidine groups is 1. The maximum absolute atomic E-state index is 10.6. The molecule has 2 rings (SSSR count). The summed E-state index contributed by atoms with van der Waals surface area (Å²) in [5.74, 6) is 0.737. The molecule has 26 heavy (non-hydrogen) atoms. The number of anilines is 1. The van der Waals surface area contributed by atoms with E-state index in [4.69, 9.17) is 0 Å². The third-order valence-corrected chi connectivity index (χ3v) is 4.11. The van der Waals surface area contributed by atoms with Crippen LogP contribution in [0.4, 0.5) is 11.4 Å². The van der Waals surface area contributed by atoms with Crippen molar-refractivity contribution in [2.24, 2.45) is 4.99 Å². The number of hydrogen-bond acceptors (Lipinski definition) is 6. The molecule has 0 aliphatic carbocycles. The molecule has 0 aliphatic heterocycles. The Morgan fingerprint density at radius 3 is 2.58 bits per heavy atom. The van der Waals surface area contributed by atoms with Gasteiger partial charge in [0, 0.05) is 48.5 Å². The number of aryl methyl sites for hydroxylation is 1. The fraction of sp³-hybridized carbons (Fsp3) is 0.375. The molecule has 1 aromatic heterocycles. The summed E-state index contributed by atoms with van der Waals surface area (Å²) in [6.45, 7) is 6.69. The molecule has 1 heterocycles. The summed E-state index contributed by atoms with van der Waals surface area (Å²) in [6.07, 6.45) is 1.85.